The summed E-state index contributed by atoms with van der Waals surface area (Å²) < 4.78 is 35.9. The van der Waals surface area contributed by atoms with Gasteiger partial charge in [-0.2, -0.15) is 0 Å². The topological polar surface area (TPSA) is 78.6 Å². The predicted octanol–water partition coefficient (Wildman–Crippen LogP) is 2.01. The molecule has 0 radical (unpaired) electrons. The Morgan fingerprint density at radius 3 is 2.65 bits per heavy atom. The molecule has 0 spiro atoms. The first-order valence-electron chi connectivity index (χ1n) is 6.69. The number of benzene rings is 1. The van der Waals surface area contributed by atoms with Crippen LogP contribution in [-0.2, 0) is 14.6 Å². The van der Waals surface area contributed by atoms with Crippen LogP contribution in [0, 0.1) is 0 Å². The summed E-state index contributed by atoms with van der Waals surface area (Å²) in [5.41, 5.74) is 6.11. The second-order valence-corrected chi connectivity index (χ2v) is 7.29. The molecule has 112 valence electrons. The fraction of sp³-hybridized carbons (Fsp3) is 0.571. The summed E-state index contributed by atoms with van der Waals surface area (Å²) in [6, 6.07) is 4.73. The highest BCUT2D eigenvalue weighted by molar-refractivity contribution is 7.92. The quantitative estimate of drug-likeness (QED) is 0.860. The standard InChI is InChI=1S/C14H21NO4S/c1-18-10-4-3-5-12(8-10)20(16,17)14-9-11(19-2)6-7-13(14)15/h6-7,9-10,12H,3-5,8,15H2,1-2H3. The van der Waals surface area contributed by atoms with Crippen LogP contribution in [0.15, 0.2) is 23.1 Å². The maximum Gasteiger partial charge on any atom is 0.183 e. The van der Waals surface area contributed by atoms with Crippen molar-refractivity contribution < 1.29 is 17.9 Å². The molecular weight excluding hydrogens is 278 g/mol. The largest absolute Gasteiger partial charge is 0.497 e. The molecule has 0 aromatic heterocycles. The SMILES string of the molecule is COc1ccc(N)c(S(=O)(=O)C2CCCC(OC)C2)c1. The Kier molecular flexibility index (Phi) is 4.55. The van der Waals surface area contributed by atoms with Crippen LogP contribution >= 0.6 is 0 Å². The molecule has 2 atom stereocenters. The molecule has 1 aromatic rings. The molecule has 20 heavy (non-hydrogen) atoms. The zero-order valence-electron chi connectivity index (χ0n) is 11.8. The van der Waals surface area contributed by atoms with Gasteiger partial charge in [0.05, 0.1) is 29.0 Å². The number of hydrogen-bond donors (Lipinski definition) is 1. The second kappa shape index (κ2) is 6.01. The smallest absolute Gasteiger partial charge is 0.183 e. The molecule has 6 heteroatoms. The van der Waals surface area contributed by atoms with E-state index in [0.29, 0.717) is 18.6 Å². The van der Waals surface area contributed by atoms with Crippen LogP contribution in [0.5, 0.6) is 5.75 Å². The monoisotopic (exact) mass is 299 g/mol. The fourth-order valence-electron chi connectivity index (χ4n) is 2.67. The first-order valence-corrected chi connectivity index (χ1v) is 8.24. The van der Waals surface area contributed by atoms with Crippen LogP contribution in [0.1, 0.15) is 25.7 Å². The maximum atomic E-state index is 12.7. The zero-order chi connectivity index (χ0) is 14.8. The molecule has 2 N–H and O–H groups in total. The lowest BCUT2D eigenvalue weighted by atomic mass is 9.97. The lowest BCUT2D eigenvalue weighted by Gasteiger charge is -2.28. The first kappa shape index (κ1) is 15.1. The van der Waals surface area contributed by atoms with Crippen LogP contribution in [0.2, 0.25) is 0 Å². The van der Waals surface area contributed by atoms with Gasteiger partial charge in [-0.15, -0.1) is 0 Å². The lowest BCUT2D eigenvalue weighted by Crippen LogP contribution is -2.32. The van der Waals surface area contributed by atoms with E-state index in [1.807, 2.05) is 0 Å². The third-order valence-electron chi connectivity index (χ3n) is 3.88. The summed E-state index contributed by atoms with van der Waals surface area (Å²) in [5.74, 6) is 0.497. The number of anilines is 1. The number of nitrogen functional groups attached to an aromatic ring is 1. The molecule has 1 aromatic carbocycles. The number of rotatable bonds is 4. The van der Waals surface area contributed by atoms with Crippen molar-refractivity contribution in [1.29, 1.82) is 0 Å². The predicted molar refractivity (Wildman–Crippen MR) is 77.6 cm³/mol. The minimum Gasteiger partial charge on any atom is -0.497 e. The first-order chi connectivity index (χ1) is 9.48. The Labute approximate surface area is 120 Å². The van der Waals surface area contributed by atoms with Crippen molar-refractivity contribution in [2.75, 3.05) is 20.0 Å². The molecule has 1 aliphatic rings. The lowest BCUT2D eigenvalue weighted by molar-refractivity contribution is 0.0720. The average Bonchev–Trinajstić information content (AvgIpc) is 2.47. The van der Waals surface area contributed by atoms with Crippen molar-refractivity contribution in [3.63, 3.8) is 0 Å². The Hall–Kier alpha value is -1.27. The van der Waals surface area contributed by atoms with Crippen LogP contribution in [0.25, 0.3) is 0 Å². The van der Waals surface area contributed by atoms with Crippen molar-refractivity contribution in [1.82, 2.24) is 0 Å². The van der Waals surface area contributed by atoms with E-state index in [9.17, 15) is 8.42 Å². The van der Waals surface area contributed by atoms with E-state index in [1.165, 1.54) is 13.2 Å². The van der Waals surface area contributed by atoms with Gasteiger partial charge < -0.3 is 15.2 Å². The third kappa shape index (κ3) is 2.91. The highest BCUT2D eigenvalue weighted by Crippen LogP contribution is 2.33. The summed E-state index contributed by atoms with van der Waals surface area (Å²) >= 11 is 0. The van der Waals surface area contributed by atoms with Crippen LogP contribution in [-0.4, -0.2) is 34.0 Å². The van der Waals surface area contributed by atoms with Gasteiger partial charge in [0.25, 0.3) is 0 Å². The highest BCUT2D eigenvalue weighted by Gasteiger charge is 2.34. The van der Waals surface area contributed by atoms with Crippen molar-refractivity contribution in [2.24, 2.45) is 0 Å². The summed E-state index contributed by atoms with van der Waals surface area (Å²) in [6.07, 6.45) is 2.95. The molecule has 1 aliphatic carbocycles. The highest BCUT2D eigenvalue weighted by atomic mass is 32.2. The zero-order valence-corrected chi connectivity index (χ0v) is 12.7. The van der Waals surface area contributed by atoms with E-state index in [4.69, 9.17) is 15.2 Å². The Morgan fingerprint density at radius 1 is 1.25 bits per heavy atom. The van der Waals surface area contributed by atoms with E-state index in [2.05, 4.69) is 0 Å². The Bertz CT molecular complexity index is 571. The number of ether oxygens (including phenoxy) is 2. The van der Waals surface area contributed by atoms with Gasteiger partial charge in [-0.05, 0) is 37.8 Å². The van der Waals surface area contributed by atoms with Crippen LogP contribution in [0.3, 0.4) is 0 Å². The van der Waals surface area contributed by atoms with Gasteiger partial charge in [0.15, 0.2) is 9.84 Å². The van der Waals surface area contributed by atoms with E-state index >= 15 is 0 Å². The molecule has 1 fully saturated rings. The Balaban J connectivity index is 2.34. The van der Waals surface area contributed by atoms with Gasteiger partial charge in [0.2, 0.25) is 0 Å². The number of methoxy groups -OCH3 is 2. The average molecular weight is 299 g/mol. The molecule has 0 aliphatic heterocycles. The minimum absolute atomic E-state index is 0.00959. The van der Waals surface area contributed by atoms with Crippen molar-refractivity contribution in [3.8, 4) is 5.75 Å². The van der Waals surface area contributed by atoms with Crippen molar-refractivity contribution in [2.45, 2.75) is 41.9 Å². The van der Waals surface area contributed by atoms with E-state index in [-0.39, 0.29) is 16.7 Å². The third-order valence-corrected chi connectivity index (χ3v) is 6.15. The fourth-order valence-corrected chi connectivity index (χ4v) is 4.65. The van der Waals surface area contributed by atoms with Crippen LogP contribution < -0.4 is 10.5 Å². The van der Waals surface area contributed by atoms with Gasteiger partial charge in [0, 0.05) is 13.2 Å². The second-order valence-electron chi connectivity index (χ2n) is 5.10. The molecular formula is C14H21NO4S. The van der Waals surface area contributed by atoms with E-state index < -0.39 is 15.1 Å². The van der Waals surface area contributed by atoms with Gasteiger partial charge >= 0.3 is 0 Å². The van der Waals surface area contributed by atoms with Gasteiger partial charge in [-0.25, -0.2) is 8.42 Å². The van der Waals surface area contributed by atoms with Crippen molar-refractivity contribution in [3.05, 3.63) is 18.2 Å². The summed E-state index contributed by atoms with van der Waals surface area (Å²) in [7, 11) is -0.325. The number of nitrogens with two attached hydrogens (primary N) is 1. The molecule has 1 saturated carbocycles. The molecule has 2 unspecified atom stereocenters. The normalized spacial score (nSPS) is 23.5. The van der Waals surface area contributed by atoms with E-state index in [1.54, 1.807) is 19.2 Å². The number of hydrogen-bond acceptors (Lipinski definition) is 5. The van der Waals surface area contributed by atoms with Gasteiger partial charge in [-0.3, -0.25) is 0 Å². The molecule has 0 saturated heterocycles. The maximum absolute atomic E-state index is 12.7. The van der Waals surface area contributed by atoms with Crippen LogP contribution in [0.4, 0.5) is 5.69 Å². The molecule has 2 rings (SSSR count). The number of sulfone groups is 1. The Morgan fingerprint density at radius 2 is 2.00 bits per heavy atom. The molecule has 5 nitrogen and oxygen atoms in total. The van der Waals surface area contributed by atoms with E-state index in [0.717, 1.165) is 12.8 Å². The minimum atomic E-state index is -3.45. The molecule has 0 bridgehead atoms. The molecule has 0 amide bonds. The van der Waals surface area contributed by atoms with Crippen molar-refractivity contribution >= 4 is 15.5 Å². The summed E-state index contributed by atoms with van der Waals surface area (Å²) in [5, 5.41) is -0.435. The van der Waals surface area contributed by atoms with Gasteiger partial charge in [0.1, 0.15) is 5.75 Å². The summed E-state index contributed by atoms with van der Waals surface area (Å²) in [4.78, 5) is 0.165. The van der Waals surface area contributed by atoms with Gasteiger partial charge in [-0.1, -0.05) is 0 Å². The molecule has 0 heterocycles. The summed E-state index contributed by atoms with van der Waals surface area (Å²) in [6.45, 7) is 0.